The van der Waals surface area contributed by atoms with Crippen LogP contribution < -0.4 is 0 Å². The van der Waals surface area contributed by atoms with Crippen LogP contribution in [0, 0.1) is 10.1 Å². The van der Waals surface area contributed by atoms with Gasteiger partial charge in [0.15, 0.2) is 5.02 Å². The molecule has 0 bridgehead atoms. The third kappa shape index (κ3) is 3.12. The maximum absolute atomic E-state index is 12.8. The Morgan fingerprint density at radius 1 is 1.57 bits per heavy atom. The third-order valence-electron chi connectivity index (χ3n) is 3.04. The van der Waals surface area contributed by atoms with Crippen molar-refractivity contribution >= 4 is 29.5 Å². The summed E-state index contributed by atoms with van der Waals surface area (Å²) in [5.74, 6) is -1.75. The first-order valence-electron chi connectivity index (χ1n) is 6.08. The Bertz CT molecular complexity index is 676. The molecule has 9 nitrogen and oxygen atoms in total. The van der Waals surface area contributed by atoms with Crippen LogP contribution in [-0.2, 0) is 11.3 Å². The maximum Gasteiger partial charge on any atom is 0.438 e. The molecule has 1 aromatic rings. The molecule has 0 spiro atoms. The van der Waals surface area contributed by atoms with E-state index in [4.69, 9.17) is 11.6 Å². The SMILES string of the molecule is O=C(CCn1cc(Cl)c([N+](=O)[O-])n1)N1N=CC[C@]1(O)C(F)(F)F. The second-order valence-corrected chi connectivity index (χ2v) is 5.00. The molecular formula is C10H9ClF3N5O4. The first kappa shape index (κ1) is 17.1. The summed E-state index contributed by atoms with van der Waals surface area (Å²) in [7, 11) is 0. The Balaban J connectivity index is 2.06. The van der Waals surface area contributed by atoms with Crippen molar-refractivity contribution in [2.45, 2.75) is 31.3 Å². The lowest BCUT2D eigenvalue weighted by Gasteiger charge is -2.32. The summed E-state index contributed by atoms with van der Waals surface area (Å²) in [6, 6.07) is 0. The molecule has 0 saturated carbocycles. The molecule has 1 N–H and O–H groups in total. The number of hydrazone groups is 1. The zero-order valence-electron chi connectivity index (χ0n) is 11.2. The van der Waals surface area contributed by atoms with Gasteiger partial charge in [-0.2, -0.15) is 28.0 Å². The van der Waals surface area contributed by atoms with E-state index in [-0.39, 0.29) is 16.6 Å². The van der Waals surface area contributed by atoms with Crippen LogP contribution in [0.4, 0.5) is 19.0 Å². The van der Waals surface area contributed by atoms with E-state index in [1.165, 1.54) is 0 Å². The minimum atomic E-state index is -5.08. The van der Waals surface area contributed by atoms with Crippen molar-refractivity contribution in [2.24, 2.45) is 5.10 Å². The van der Waals surface area contributed by atoms with E-state index in [0.29, 0.717) is 0 Å². The van der Waals surface area contributed by atoms with Gasteiger partial charge in [-0.3, -0.25) is 4.79 Å². The van der Waals surface area contributed by atoms with E-state index < -0.39 is 41.4 Å². The second kappa shape index (κ2) is 5.77. The summed E-state index contributed by atoms with van der Waals surface area (Å²) < 4.78 is 39.4. The van der Waals surface area contributed by atoms with Crippen LogP contribution in [0.2, 0.25) is 5.02 Å². The van der Waals surface area contributed by atoms with Gasteiger partial charge in [-0.25, -0.2) is 0 Å². The lowest BCUT2D eigenvalue weighted by Crippen LogP contribution is -2.56. The topological polar surface area (TPSA) is 114 Å². The average Bonchev–Trinajstić information content (AvgIpc) is 2.99. The highest BCUT2D eigenvalue weighted by Crippen LogP contribution is 2.38. The van der Waals surface area contributed by atoms with Crippen molar-refractivity contribution < 1.29 is 28.0 Å². The van der Waals surface area contributed by atoms with Crippen molar-refractivity contribution in [2.75, 3.05) is 0 Å². The number of carbonyl (C=O) groups is 1. The van der Waals surface area contributed by atoms with Crippen LogP contribution >= 0.6 is 11.6 Å². The largest absolute Gasteiger partial charge is 0.438 e. The molecule has 1 aliphatic rings. The Labute approximate surface area is 131 Å². The Morgan fingerprint density at radius 3 is 2.74 bits per heavy atom. The van der Waals surface area contributed by atoms with Gasteiger partial charge in [-0.1, -0.05) is 11.6 Å². The van der Waals surface area contributed by atoms with E-state index in [0.717, 1.165) is 17.1 Å². The van der Waals surface area contributed by atoms with Gasteiger partial charge in [0, 0.05) is 12.6 Å². The number of hydrogen-bond donors (Lipinski definition) is 1. The molecule has 0 saturated heterocycles. The number of nitrogens with zero attached hydrogens (tertiary/aromatic N) is 5. The van der Waals surface area contributed by atoms with E-state index in [9.17, 15) is 33.2 Å². The number of carbonyl (C=O) groups excluding carboxylic acids is 1. The van der Waals surface area contributed by atoms with Crippen LogP contribution in [0.5, 0.6) is 0 Å². The molecule has 0 radical (unpaired) electrons. The number of aliphatic hydroxyl groups is 1. The second-order valence-electron chi connectivity index (χ2n) is 4.59. The molecule has 0 fully saturated rings. The van der Waals surface area contributed by atoms with Gasteiger partial charge in [0.25, 0.3) is 5.72 Å². The summed E-state index contributed by atoms with van der Waals surface area (Å²) in [5, 5.41) is 26.6. The predicted octanol–water partition coefficient (Wildman–Crippen LogP) is 1.30. The fraction of sp³-hybridized carbons (Fsp3) is 0.500. The number of halogens is 4. The number of nitro groups is 1. The molecule has 1 aromatic heterocycles. The molecule has 0 unspecified atom stereocenters. The third-order valence-corrected chi connectivity index (χ3v) is 3.31. The van der Waals surface area contributed by atoms with Crippen molar-refractivity contribution in [1.82, 2.24) is 14.8 Å². The molecule has 2 heterocycles. The highest BCUT2D eigenvalue weighted by molar-refractivity contribution is 6.32. The van der Waals surface area contributed by atoms with Crippen molar-refractivity contribution in [3.63, 3.8) is 0 Å². The summed E-state index contributed by atoms with van der Waals surface area (Å²) in [6.45, 7) is -0.271. The monoisotopic (exact) mass is 355 g/mol. The fourth-order valence-corrected chi connectivity index (χ4v) is 2.10. The Morgan fingerprint density at radius 2 is 2.22 bits per heavy atom. The zero-order valence-corrected chi connectivity index (χ0v) is 12.0. The van der Waals surface area contributed by atoms with E-state index in [2.05, 4.69) is 10.2 Å². The number of hydrogen-bond acceptors (Lipinski definition) is 6. The number of aryl methyl sites for hydroxylation is 1. The molecule has 1 aliphatic heterocycles. The Hall–Kier alpha value is -2.21. The zero-order chi connectivity index (χ0) is 17.4. The molecule has 1 atom stereocenters. The van der Waals surface area contributed by atoms with Crippen LogP contribution in [0.3, 0.4) is 0 Å². The number of aromatic nitrogens is 2. The number of amides is 1. The average molecular weight is 356 g/mol. The van der Waals surface area contributed by atoms with Crippen LogP contribution in [0.1, 0.15) is 12.8 Å². The van der Waals surface area contributed by atoms with Gasteiger partial charge in [0.1, 0.15) is 0 Å². The first-order chi connectivity index (χ1) is 10.6. The fourth-order valence-electron chi connectivity index (χ4n) is 1.88. The highest BCUT2D eigenvalue weighted by atomic mass is 35.5. The van der Waals surface area contributed by atoms with Gasteiger partial charge in [0.2, 0.25) is 5.91 Å². The number of rotatable bonds is 4. The summed E-state index contributed by atoms with van der Waals surface area (Å²) >= 11 is 5.55. The molecule has 126 valence electrons. The standard InChI is InChI=1S/C10H9ClF3N5O4/c11-6-5-17(16-8(6)19(22)23)4-1-7(20)18-9(21,2-3-15-18)10(12,13)14/h3,5,21H,1-2,4H2/t9-/m0/s1. The van der Waals surface area contributed by atoms with E-state index >= 15 is 0 Å². The molecule has 13 heteroatoms. The van der Waals surface area contributed by atoms with Gasteiger partial charge in [0.05, 0.1) is 24.3 Å². The van der Waals surface area contributed by atoms with E-state index in [1.807, 2.05) is 0 Å². The quantitative estimate of drug-likeness (QED) is 0.646. The molecule has 2 rings (SSSR count). The molecule has 1 amide bonds. The predicted molar refractivity (Wildman–Crippen MR) is 69.5 cm³/mol. The van der Waals surface area contributed by atoms with Gasteiger partial charge in [-0.15, -0.1) is 0 Å². The first-order valence-corrected chi connectivity index (χ1v) is 6.46. The van der Waals surface area contributed by atoms with Gasteiger partial charge in [-0.05, 0) is 4.92 Å². The van der Waals surface area contributed by atoms with Crippen LogP contribution in [0.15, 0.2) is 11.3 Å². The molecular weight excluding hydrogens is 347 g/mol. The summed E-state index contributed by atoms with van der Waals surface area (Å²) in [4.78, 5) is 21.6. The van der Waals surface area contributed by atoms with Gasteiger partial charge < -0.3 is 15.2 Å². The molecule has 0 aromatic carbocycles. The maximum atomic E-state index is 12.8. The van der Waals surface area contributed by atoms with E-state index in [1.54, 1.807) is 0 Å². The van der Waals surface area contributed by atoms with Crippen LogP contribution in [0.25, 0.3) is 0 Å². The van der Waals surface area contributed by atoms with Crippen LogP contribution in [-0.4, -0.2) is 48.8 Å². The smallest absolute Gasteiger partial charge is 0.362 e. The minimum absolute atomic E-state index is 0.0491. The van der Waals surface area contributed by atoms with Crippen molar-refractivity contribution in [1.29, 1.82) is 0 Å². The van der Waals surface area contributed by atoms with Crippen molar-refractivity contribution in [3.8, 4) is 0 Å². The lowest BCUT2D eigenvalue weighted by atomic mass is 10.1. The minimum Gasteiger partial charge on any atom is -0.362 e. The van der Waals surface area contributed by atoms with Gasteiger partial charge >= 0.3 is 12.0 Å². The molecule has 23 heavy (non-hydrogen) atoms. The molecule has 0 aliphatic carbocycles. The normalized spacial score (nSPS) is 21.0. The summed E-state index contributed by atoms with van der Waals surface area (Å²) in [6.07, 6.45) is -4.63. The Kier molecular flexibility index (Phi) is 4.30. The number of alkyl halides is 3. The lowest BCUT2D eigenvalue weighted by molar-refractivity contribution is -0.389. The van der Waals surface area contributed by atoms with Crippen molar-refractivity contribution in [3.05, 3.63) is 21.3 Å². The summed E-state index contributed by atoms with van der Waals surface area (Å²) in [5.41, 5.74) is -3.39. The highest BCUT2D eigenvalue weighted by Gasteiger charge is 2.61.